The molecule has 0 saturated carbocycles. The minimum absolute atomic E-state index is 0.00385. The molecule has 0 unspecified atom stereocenters. The van der Waals surface area contributed by atoms with Gasteiger partial charge in [-0.15, -0.1) is 0 Å². The van der Waals surface area contributed by atoms with Crippen molar-refractivity contribution in [2.24, 2.45) is 0 Å². The topological polar surface area (TPSA) is 418 Å². The summed E-state index contributed by atoms with van der Waals surface area (Å²) in [6.45, 7) is 12.8. The fourth-order valence-corrected chi connectivity index (χ4v) is 15.1. The van der Waals surface area contributed by atoms with Gasteiger partial charge in [0, 0.05) is 73.9 Å². The second-order valence-corrected chi connectivity index (χ2v) is 29.3. The van der Waals surface area contributed by atoms with E-state index in [0.717, 1.165) is 74.9 Å². The highest BCUT2D eigenvalue weighted by atomic mass is 33.1. The number of carbonyl (C=O) groups excluding carboxylic acids is 5. The summed E-state index contributed by atoms with van der Waals surface area (Å²) in [7, 11) is 7.24. The molecule has 0 spiro atoms. The highest BCUT2D eigenvalue weighted by Crippen LogP contribution is 2.51. The van der Waals surface area contributed by atoms with E-state index in [9.17, 15) is 54.6 Å². The zero-order valence-corrected chi connectivity index (χ0v) is 66.7. The number of Topliss-reactive ketones (excluding diaryl/α,β-unsaturated/α-hetero) is 1. The largest absolute Gasteiger partial charge is 0.506 e. The van der Waals surface area contributed by atoms with E-state index >= 15 is 0 Å². The Morgan fingerprint density at radius 1 is 0.640 bits per heavy atom. The van der Waals surface area contributed by atoms with Crippen molar-refractivity contribution in [3.63, 3.8) is 0 Å². The molecular formula is C81H99N7O24S2. The number of aromatic hydroxyl groups is 3. The van der Waals surface area contributed by atoms with E-state index in [1.54, 1.807) is 32.5 Å². The van der Waals surface area contributed by atoms with Gasteiger partial charge in [-0.3, -0.25) is 19.4 Å². The first-order valence-corrected chi connectivity index (χ1v) is 40.2. The maximum atomic E-state index is 14.6. The number of aliphatic hydroxyl groups is 3. The van der Waals surface area contributed by atoms with Crippen LogP contribution in [0.3, 0.4) is 0 Å². The predicted molar refractivity (Wildman–Crippen MR) is 427 cm³/mol. The molecule has 4 aromatic carbocycles. The Kier molecular flexibility index (Phi) is 32.6. The van der Waals surface area contributed by atoms with Crippen LogP contribution in [-0.4, -0.2) is 255 Å². The van der Waals surface area contributed by atoms with Gasteiger partial charge >= 0.3 is 12.2 Å². The lowest BCUT2D eigenvalue weighted by Gasteiger charge is -2.38. The summed E-state index contributed by atoms with van der Waals surface area (Å²) in [6, 6.07) is 13.8. The summed E-state index contributed by atoms with van der Waals surface area (Å²) in [5, 5.41) is 71.0. The highest BCUT2D eigenvalue weighted by molar-refractivity contribution is 8.76. The molecule has 2 aromatic heterocycles. The molecule has 2 amide bonds. The number of allylic oxidation sites excluding steroid dienone is 4. The van der Waals surface area contributed by atoms with Crippen molar-refractivity contribution in [3.05, 3.63) is 123 Å². The van der Waals surface area contributed by atoms with E-state index in [2.05, 4.69) is 41.6 Å². The third-order valence-corrected chi connectivity index (χ3v) is 21.4. The first kappa shape index (κ1) is 86.9. The number of carbonyl (C=O) groups is 5. The molecule has 1 saturated heterocycles. The Morgan fingerprint density at radius 2 is 1.25 bits per heavy atom. The number of aliphatic hydroxyl groups excluding tert-OH is 3. The van der Waals surface area contributed by atoms with Gasteiger partial charge < -0.3 is 108 Å². The number of phenols is 3. The van der Waals surface area contributed by atoms with Gasteiger partial charge in [0.1, 0.15) is 56.4 Å². The lowest BCUT2D eigenvalue weighted by molar-refractivity contribution is -0.190. The monoisotopic (exact) mass is 1620 g/mol. The van der Waals surface area contributed by atoms with Crippen LogP contribution in [0.5, 0.6) is 40.2 Å². The summed E-state index contributed by atoms with van der Waals surface area (Å²) in [6.07, 6.45) is -0.694. The van der Waals surface area contributed by atoms with Crippen molar-refractivity contribution in [2.75, 3.05) is 145 Å². The zero-order chi connectivity index (χ0) is 81.4. The molecule has 6 bridgehead atoms. The van der Waals surface area contributed by atoms with Crippen LogP contribution in [-0.2, 0) is 49.1 Å². The van der Waals surface area contributed by atoms with E-state index in [0.29, 0.717) is 124 Å². The van der Waals surface area contributed by atoms with Gasteiger partial charge in [-0.1, -0.05) is 47.6 Å². The number of nitrogens with zero attached hydrogens (tertiary/aromatic N) is 4. The van der Waals surface area contributed by atoms with E-state index in [1.165, 1.54) is 53.8 Å². The van der Waals surface area contributed by atoms with E-state index in [4.69, 9.17) is 81.5 Å². The first-order chi connectivity index (χ1) is 55.3. The van der Waals surface area contributed by atoms with Crippen LogP contribution in [0.25, 0.3) is 55.1 Å². The molecule has 4 aliphatic rings. The number of methoxy groups -OCH3 is 3. The maximum Gasteiger partial charge on any atom is 0.407 e. The van der Waals surface area contributed by atoms with Gasteiger partial charge in [-0.25, -0.2) is 24.5 Å². The number of amides is 2. The molecule has 6 aromatic rings. The number of ketones is 3. The molecule has 0 radical (unpaired) electrons. The molecular weight excluding hydrogens is 1520 g/mol. The summed E-state index contributed by atoms with van der Waals surface area (Å²) in [5.41, 5.74) is 8.18. The predicted octanol–water partition coefficient (Wildman–Crippen LogP) is 10.1. The molecule has 1 aliphatic carbocycles. The number of nitrogens with one attached hydrogen (secondary N) is 3. The second kappa shape index (κ2) is 42.8. The average molecular weight is 1620 g/mol. The number of aromatic amines is 1. The number of H-pyrrole nitrogens is 1. The molecule has 614 valence electrons. The van der Waals surface area contributed by atoms with Crippen molar-refractivity contribution < 1.29 is 116 Å². The van der Waals surface area contributed by atoms with Gasteiger partial charge in [-0.05, 0) is 117 Å². The molecule has 5 heterocycles. The minimum atomic E-state index is -1.48. The number of benzene rings is 4. The van der Waals surface area contributed by atoms with Gasteiger partial charge in [0.2, 0.25) is 12.1 Å². The summed E-state index contributed by atoms with van der Waals surface area (Å²) < 4.78 is 74.3. The molecule has 1 fully saturated rings. The molecule has 4 atom stereocenters. The van der Waals surface area contributed by atoms with Crippen molar-refractivity contribution >= 4 is 106 Å². The third-order valence-electron chi connectivity index (χ3n) is 19.1. The van der Waals surface area contributed by atoms with Crippen LogP contribution in [0.15, 0.2) is 60.8 Å². The summed E-state index contributed by atoms with van der Waals surface area (Å²) in [4.78, 5) is 93.1. The number of ether oxygens (including phenoxy) is 13. The number of aromatic nitrogens is 5. The van der Waals surface area contributed by atoms with Crippen molar-refractivity contribution in [1.29, 1.82) is 0 Å². The fraction of sp³-hybridized carbons (Fsp3) is 0.469. The lowest BCUT2D eigenvalue weighted by Crippen LogP contribution is -2.56. The smallest absolute Gasteiger partial charge is 0.407 e. The average Bonchev–Trinajstić information content (AvgIpc) is 0.857. The molecule has 9 N–H and O–H groups in total. The quantitative estimate of drug-likeness (QED) is 0.00743. The first-order valence-electron chi connectivity index (χ1n) is 37.7. The minimum Gasteiger partial charge on any atom is -0.506 e. The van der Waals surface area contributed by atoms with Crippen LogP contribution in [0.1, 0.15) is 142 Å². The Bertz CT molecular complexity index is 4730. The van der Waals surface area contributed by atoms with Gasteiger partial charge in [-0.2, -0.15) is 0 Å². The van der Waals surface area contributed by atoms with Crippen LogP contribution < -0.4 is 29.6 Å². The molecule has 31 nitrogen and oxygen atoms in total. The van der Waals surface area contributed by atoms with Crippen molar-refractivity contribution in [1.82, 2.24) is 35.6 Å². The van der Waals surface area contributed by atoms with Crippen LogP contribution in [0.4, 0.5) is 9.59 Å². The number of alkyl carbamates (subject to hydrolysis) is 2. The number of fused-ring (bicyclic) bond motifs is 10. The zero-order valence-electron chi connectivity index (χ0n) is 65.1. The van der Waals surface area contributed by atoms with Crippen LogP contribution in [0, 0.1) is 6.92 Å². The Labute approximate surface area is 666 Å². The Hall–Kier alpha value is -9.49. The third kappa shape index (κ3) is 21.5. The van der Waals surface area contributed by atoms with Crippen LogP contribution >= 0.6 is 21.6 Å². The van der Waals surface area contributed by atoms with E-state index in [-0.39, 0.29) is 75.7 Å². The van der Waals surface area contributed by atoms with E-state index < -0.39 is 111 Å². The Balaban J connectivity index is 0.794. The second-order valence-electron chi connectivity index (χ2n) is 26.6. The molecule has 114 heavy (non-hydrogen) atoms. The number of hydrogen-bond acceptors (Lipinski definition) is 30. The normalized spacial score (nSPS) is 15.9. The summed E-state index contributed by atoms with van der Waals surface area (Å²) >= 11 is 0. The van der Waals surface area contributed by atoms with Crippen molar-refractivity contribution in [3.8, 4) is 40.2 Å². The number of phenolic OH excluding ortho intramolecular Hbond substituents is 3. The SMILES string of the molecule is CCC1=C(CC)c2cc3cc(C)c([nH]3)c(CCCNC(=O)OCCSSCCOC(=O)N[C@@H]3C[C@@H](Oc4c(O)c(C(=O)CO)cc5c4C(=O)c4c(c(O)c6cccc(OC)c6c4O)C5=O)O[C@@H](C)[C@@H]3O)nc3cc(OCCOCCOCCOC)c(OCCOCCOCCOC)cc3ncc3nc(cc1n2)C(CCCO)=C3C. The standard InChI is InChI=1S/C81H99N7O24S2/c1-9-49-50(10-2)57-39-58-51(15-13-19-89)46(4)62(87-58)43-83-59-40-65(107-30-28-105-26-24-103-22-20-100-6)66(108-31-29-106-27-25-104-23-21-101-7)41-60(59)85-55(72-45(3)36-48(84-72)37-56(49)86-57)16-12-18-82-80(98)109-32-34-113-114-35-33-110-81(99)88-61-42-67(111-47(5)73(61)92)112-79-69-54(38-53(76(79)95)63(91)44-90)75(94)70-71(78(69)97)77(96)68-52(74(70)93)14-11-17-64(68)102-8/h11,14,17,36-41,43,47,61,67,73,84,89-90,92-93,95-96H,9-10,12-13,15-16,18-35,42,44H2,1-8H3,(H,82,98)(H,88,99)/t47-,61+,67+,73-/m0/s1. The fourth-order valence-electron chi connectivity index (χ4n) is 13.5. The van der Waals surface area contributed by atoms with Gasteiger partial charge in [0.25, 0.3) is 0 Å². The molecule has 33 heteroatoms. The molecule has 3 aliphatic heterocycles. The van der Waals surface area contributed by atoms with Gasteiger partial charge in [0.15, 0.2) is 34.6 Å². The Morgan fingerprint density at radius 3 is 1.88 bits per heavy atom. The van der Waals surface area contributed by atoms with Crippen LogP contribution in [0.2, 0.25) is 0 Å². The summed E-state index contributed by atoms with van der Waals surface area (Å²) in [5.74, 6) is -4.80. The number of hydrogen-bond donors (Lipinski definition) is 9. The molecule has 10 rings (SSSR count). The number of aryl methyl sites for hydroxylation is 2. The van der Waals surface area contributed by atoms with Crippen molar-refractivity contribution in [2.45, 2.75) is 104 Å². The number of rotatable bonds is 42. The maximum absolute atomic E-state index is 14.6. The van der Waals surface area contributed by atoms with Gasteiger partial charge in [0.05, 0.1) is 164 Å². The highest BCUT2D eigenvalue weighted by Gasteiger charge is 2.44. The lowest BCUT2D eigenvalue weighted by atomic mass is 9.79. The van der Waals surface area contributed by atoms with E-state index in [1.807, 2.05) is 19.9 Å².